The first kappa shape index (κ1) is 21.9. The maximum Gasteiger partial charge on any atom is 0.250 e. The Morgan fingerprint density at radius 2 is 1.94 bits per heavy atom. The number of pyridine rings is 1. The van der Waals surface area contributed by atoms with E-state index in [1.807, 2.05) is 12.1 Å². The molecule has 1 amide bonds. The number of likely N-dealkylation sites (tertiary alicyclic amines) is 1. The van der Waals surface area contributed by atoms with E-state index in [2.05, 4.69) is 9.71 Å². The summed E-state index contributed by atoms with van der Waals surface area (Å²) < 4.78 is 29.3. The molecule has 0 radical (unpaired) electrons. The number of carbonyl (C=O) groups is 1. The van der Waals surface area contributed by atoms with Crippen LogP contribution < -0.4 is 16.2 Å². The maximum atomic E-state index is 12.9. The summed E-state index contributed by atoms with van der Waals surface area (Å²) in [6.45, 7) is 0.637. The van der Waals surface area contributed by atoms with E-state index in [4.69, 9.17) is 23.1 Å². The average molecular weight is 502 g/mol. The van der Waals surface area contributed by atoms with Crippen molar-refractivity contribution in [1.82, 2.24) is 14.6 Å². The van der Waals surface area contributed by atoms with E-state index in [0.29, 0.717) is 35.2 Å². The molecule has 2 aromatic carbocycles. The van der Waals surface area contributed by atoms with Gasteiger partial charge in [0.2, 0.25) is 5.91 Å². The molecular weight excluding hydrogens is 482 g/mol. The zero-order valence-electron chi connectivity index (χ0n) is 17.3. The minimum atomic E-state index is -3.86. The first-order valence-electron chi connectivity index (χ1n) is 10.1. The topological polar surface area (TPSA) is 131 Å². The second kappa shape index (κ2) is 8.14. The van der Waals surface area contributed by atoms with Crippen LogP contribution in [0.15, 0.2) is 52.7 Å². The number of hydrogen-bond acceptors (Lipinski definition) is 7. The van der Waals surface area contributed by atoms with E-state index in [-0.39, 0.29) is 16.7 Å². The number of benzene rings is 2. The van der Waals surface area contributed by atoms with Crippen molar-refractivity contribution in [2.75, 3.05) is 18.0 Å². The van der Waals surface area contributed by atoms with Gasteiger partial charge >= 0.3 is 0 Å². The predicted molar refractivity (Wildman–Crippen MR) is 132 cm³/mol. The van der Waals surface area contributed by atoms with Gasteiger partial charge in [-0.05, 0) is 59.7 Å². The third kappa shape index (κ3) is 4.22. The number of rotatable bonds is 5. The van der Waals surface area contributed by atoms with E-state index < -0.39 is 16.1 Å². The van der Waals surface area contributed by atoms with E-state index >= 15 is 0 Å². The lowest BCUT2D eigenvalue weighted by atomic mass is 10.1. The number of nitrogens with two attached hydrogens (primary N) is 2. The molecule has 170 valence electrons. The molecule has 2 aromatic heterocycles. The molecule has 3 heterocycles. The fraction of sp³-hybridized carbons (Fsp3) is 0.182. The molecule has 0 unspecified atom stereocenters. The summed E-state index contributed by atoms with van der Waals surface area (Å²) in [5.74, 6) is 0.0621. The molecule has 33 heavy (non-hydrogen) atoms. The molecule has 1 aliphatic rings. The number of amides is 1. The van der Waals surface area contributed by atoms with Crippen LogP contribution in [-0.2, 0) is 21.4 Å². The SMILES string of the molecule is Nc1ccc2c(N)nc(CN3CC[C@H](NS(=O)(=O)c4cc5ccc(Cl)cc5s4)C3=O)cc2c1. The fourth-order valence-corrected chi connectivity index (χ4v) is 6.92. The van der Waals surface area contributed by atoms with Crippen LogP contribution in [0.25, 0.3) is 20.9 Å². The Hall–Kier alpha value is -2.92. The van der Waals surface area contributed by atoms with Gasteiger partial charge in [-0.25, -0.2) is 13.4 Å². The molecular formula is C22H20ClN5O3S2. The zero-order valence-corrected chi connectivity index (χ0v) is 19.7. The number of thiophene rings is 1. The van der Waals surface area contributed by atoms with E-state index in [9.17, 15) is 13.2 Å². The number of carbonyl (C=O) groups excluding carboxylic acids is 1. The smallest absolute Gasteiger partial charge is 0.250 e. The number of halogens is 1. The third-order valence-electron chi connectivity index (χ3n) is 5.61. The van der Waals surface area contributed by atoms with Crippen molar-refractivity contribution in [2.45, 2.75) is 23.2 Å². The summed E-state index contributed by atoms with van der Waals surface area (Å²) >= 11 is 7.12. The maximum absolute atomic E-state index is 12.9. The number of sulfonamides is 1. The van der Waals surface area contributed by atoms with Gasteiger partial charge in [0, 0.05) is 27.3 Å². The molecule has 11 heteroatoms. The number of nitrogens with zero attached hydrogens (tertiary/aromatic N) is 2. The van der Waals surface area contributed by atoms with Crippen LogP contribution in [0.2, 0.25) is 5.02 Å². The van der Waals surface area contributed by atoms with Crippen LogP contribution in [0.3, 0.4) is 0 Å². The molecule has 0 saturated carbocycles. The van der Waals surface area contributed by atoms with Crippen LogP contribution in [-0.4, -0.2) is 36.8 Å². The summed E-state index contributed by atoms with van der Waals surface area (Å²) in [5, 5.41) is 2.94. The third-order valence-corrected chi connectivity index (χ3v) is 8.89. The lowest BCUT2D eigenvalue weighted by Gasteiger charge is -2.17. The second-order valence-electron chi connectivity index (χ2n) is 7.95. The van der Waals surface area contributed by atoms with Crippen molar-refractivity contribution in [3.8, 4) is 0 Å². The Kier molecular flexibility index (Phi) is 5.40. The highest BCUT2D eigenvalue weighted by Gasteiger charge is 2.35. The molecule has 1 saturated heterocycles. The van der Waals surface area contributed by atoms with Gasteiger partial charge < -0.3 is 16.4 Å². The van der Waals surface area contributed by atoms with Crippen LogP contribution >= 0.6 is 22.9 Å². The largest absolute Gasteiger partial charge is 0.399 e. The van der Waals surface area contributed by atoms with Crippen molar-refractivity contribution in [3.63, 3.8) is 0 Å². The highest BCUT2D eigenvalue weighted by atomic mass is 35.5. The van der Waals surface area contributed by atoms with Crippen LogP contribution in [0, 0.1) is 0 Å². The van der Waals surface area contributed by atoms with Crippen molar-refractivity contribution in [1.29, 1.82) is 0 Å². The first-order chi connectivity index (χ1) is 15.7. The summed E-state index contributed by atoms with van der Waals surface area (Å²) in [6.07, 6.45) is 0.366. The van der Waals surface area contributed by atoms with Gasteiger partial charge in [0.05, 0.1) is 12.2 Å². The van der Waals surface area contributed by atoms with Crippen molar-refractivity contribution in [3.05, 3.63) is 59.2 Å². The molecule has 4 aromatic rings. The summed E-state index contributed by atoms with van der Waals surface area (Å²) in [6, 6.07) is 13.2. The molecule has 1 atom stereocenters. The van der Waals surface area contributed by atoms with Crippen molar-refractivity contribution in [2.24, 2.45) is 0 Å². The predicted octanol–water partition coefficient (Wildman–Crippen LogP) is 3.35. The number of hydrogen-bond donors (Lipinski definition) is 3. The summed E-state index contributed by atoms with van der Waals surface area (Å²) in [7, 11) is -3.86. The van der Waals surface area contributed by atoms with Crippen LogP contribution in [0.5, 0.6) is 0 Å². The first-order valence-corrected chi connectivity index (χ1v) is 12.8. The van der Waals surface area contributed by atoms with Gasteiger partial charge in [0.1, 0.15) is 16.1 Å². The molecule has 5 rings (SSSR count). The van der Waals surface area contributed by atoms with Gasteiger partial charge in [0.15, 0.2) is 0 Å². The van der Waals surface area contributed by atoms with Crippen LogP contribution in [0.4, 0.5) is 11.5 Å². The van der Waals surface area contributed by atoms with Gasteiger partial charge in [-0.3, -0.25) is 4.79 Å². The van der Waals surface area contributed by atoms with Crippen molar-refractivity contribution < 1.29 is 13.2 Å². The highest BCUT2D eigenvalue weighted by Crippen LogP contribution is 2.31. The normalized spacial score (nSPS) is 16.8. The number of fused-ring (bicyclic) bond motifs is 2. The Labute approximate surface area is 199 Å². The second-order valence-corrected chi connectivity index (χ2v) is 11.4. The minimum Gasteiger partial charge on any atom is -0.399 e. The fourth-order valence-electron chi connectivity index (χ4n) is 4.00. The zero-order chi connectivity index (χ0) is 23.3. The standard InChI is InChI=1S/C22H20ClN5O3S2/c23-14-2-1-12-9-20(32-19(12)10-14)33(30,31)27-18-5-6-28(22(18)29)11-16-8-13-7-15(24)3-4-17(13)21(25)26-16/h1-4,7-10,18,27H,5-6,11,24H2,(H2,25,26)/t18-/m0/s1. The van der Waals surface area contributed by atoms with E-state index in [1.54, 1.807) is 41.3 Å². The molecule has 0 aliphatic carbocycles. The van der Waals surface area contributed by atoms with E-state index in [0.717, 1.165) is 32.2 Å². The minimum absolute atomic E-state index is 0.146. The van der Waals surface area contributed by atoms with Gasteiger partial charge in [-0.1, -0.05) is 17.7 Å². The molecule has 1 fully saturated rings. The van der Waals surface area contributed by atoms with Gasteiger partial charge in [0.25, 0.3) is 10.0 Å². The Morgan fingerprint density at radius 3 is 2.76 bits per heavy atom. The number of nitrogens with one attached hydrogen (secondary N) is 1. The van der Waals surface area contributed by atoms with Gasteiger partial charge in [-0.15, -0.1) is 11.3 Å². The Bertz CT molecular complexity index is 1520. The summed E-state index contributed by atoms with van der Waals surface area (Å²) in [4.78, 5) is 18.9. The van der Waals surface area contributed by atoms with Gasteiger partial charge in [-0.2, -0.15) is 4.72 Å². The molecule has 0 bridgehead atoms. The lowest BCUT2D eigenvalue weighted by molar-refractivity contribution is -0.129. The monoisotopic (exact) mass is 501 g/mol. The number of nitrogen functional groups attached to an aromatic ring is 2. The van der Waals surface area contributed by atoms with Crippen LogP contribution in [0.1, 0.15) is 12.1 Å². The lowest BCUT2D eigenvalue weighted by Crippen LogP contribution is -2.41. The van der Waals surface area contributed by atoms with Crippen molar-refractivity contribution >= 4 is 71.2 Å². The Morgan fingerprint density at radius 1 is 1.12 bits per heavy atom. The Balaban J connectivity index is 1.33. The molecule has 1 aliphatic heterocycles. The molecule has 0 spiro atoms. The number of anilines is 2. The number of aromatic nitrogens is 1. The molecule has 5 N–H and O–H groups in total. The molecule has 8 nitrogen and oxygen atoms in total. The van der Waals surface area contributed by atoms with E-state index in [1.165, 1.54) is 0 Å². The summed E-state index contributed by atoms with van der Waals surface area (Å²) in [5.41, 5.74) is 13.2. The average Bonchev–Trinajstić information content (AvgIpc) is 3.32. The quantitative estimate of drug-likeness (QED) is 0.359. The highest BCUT2D eigenvalue weighted by molar-refractivity contribution is 7.91.